The molecule has 0 aliphatic carbocycles. The zero-order valence-electron chi connectivity index (χ0n) is 11.0. The molecular weight excluding hydrogens is 286 g/mol. The van der Waals surface area contributed by atoms with Crippen LogP contribution in [0.2, 0.25) is 0 Å². The van der Waals surface area contributed by atoms with E-state index in [1.165, 1.54) is 20.8 Å². The number of alkyl halides is 6. The molecule has 1 atom stereocenters. The van der Waals surface area contributed by atoms with E-state index in [1.807, 2.05) is 0 Å². The van der Waals surface area contributed by atoms with Gasteiger partial charge in [0.2, 0.25) is 0 Å². The van der Waals surface area contributed by atoms with Gasteiger partial charge >= 0.3 is 12.4 Å². The van der Waals surface area contributed by atoms with Gasteiger partial charge in [-0.15, -0.1) is 0 Å². The van der Waals surface area contributed by atoms with Crippen LogP contribution in [0.15, 0.2) is 18.2 Å². The maximum absolute atomic E-state index is 13.0. The predicted molar refractivity (Wildman–Crippen MR) is 60.9 cm³/mol. The number of rotatable bonds is 1. The van der Waals surface area contributed by atoms with Crippen molar-refractivity contribution in [2.75, 3.05) is 0 Å². The van der Waals surface area contributed by atoms with Crippen LogP contribution in [-0.2, 0) is 12.4 Å². The van der Waals surface area contributed by atoms with Crippen molar-refractivity contribution in [2.45, 2.75) is 39.2 Å². The third-order valence-corrected chi connectivity index (χ3v) is 2.80. The minimum atomic E-state index is -5.20. The molecule has 0 amide bonds. The summed E-state index contributed by atoms with van der Waals surface area (Å²) >= 11 is 0. The summed E-state index contributed by atoms with van der Waals surface area (Å²) < 4.78 is 77.1. The SMILES string of the molecule is CC(C)(C)C(O)c1cccc(C(F)(F)F)c1C(F)(F)F. The Morgan fingerprint density at radius 3 is 1.75 bits per heavy atom. The van der Waals surface area contributed by atoms with Crippen LogP contribution in [-0.4, -0.2) is 5.11 Å². The molecule has 7 heteroatoms. The van der Waals surface area contributed by atoms with Crippen molar-refractivity contribution in [3.8, 4) is 0 Å². The summed E-state index contributed by atoms with van der Waals surface area (Å²) in [4.78, 5) is 0. The molecule has 1 aromatic carbocycles. The first-order valence-corrected chi connectivity index (χ1v) is 5.71. The standard InChI is InChI=1S/C13H14F6O/c1-11(2,3)10(20)7-5-4-6-8(12(14,15)16)9(7)13(17,18)19/h4-6,10,20H,1-3H3. The van der Waals surface area contributed by atoms with Crippen LogP contribution in [0, 0.1) is 5.41 Å². The highest BCUT2D eigenvalue weighted by molar-refractivity contribution is 5.41. The summed E-state index contributed by atoms with van der Waals surface area (Å²) in [5, 5.41) is 9.92. The molecule has 0 saturated heterocycles. The average Bonchev–Trinajstić information content (AvgIpc) is 2.23. The van der Waals surface area contributed by atoms with E-state index in [1.54, 1.807) is 0 Å². The predicted octanol–water partition coefficient (Wildman–Crippen LogP) is 4.80. The maximum Gasteiger partial charge on any atom is 0.417 e. The van der Waals surface area contributed by atoms with Gasteiger partial charge in [0.05, 0.1) is 17.2 Å². The summed E-state index contributed by atoms with van der Waals surface area (Å²) in [5.41, 5.74) is -5.40. The Balaban J connectivity index is 3.63. The van der Waals surface area contributed by atoms with Gasteiger partial charge in [0.25, 0.3) is 0 Å². The van der Waals surface area contributed by atoms with Crippen LogP contribution in [0.3, 0.4) is 0 Å². The maximum atomic E-state index is 13.0. The molecule has 0 radical (unpaired) electrons. The van der Waals surface area contributed by atoms with Gasteiger partial charge in [0.1, 0.15) is 0 Å². The second-order valence-electron chi connectivity index (χ2n) is 5.53. The summed E-state index contributed by atoms with van der Waals surface area (Å²) in [6.07, 6.45) is -12.0. The van der Waals surface area contributed by atoms with Crippen molar-refractivity contribution in [3.05, 3.63) is 34.9 Å². The van der Waals surface area contributed by atoms with Crippen LogP contribution in [0.5, 0.6) is 0 Å². The normalized spacial score (nSPS) is 15.3. The molecule has 1 rings (SSSR count). The van der Waals surface area contributed by atoms with Gasteiger partial charge in [-0.2, -0.15) is 26.3 Å². The second kappa shape index (κ2) is 4.95. The van der Waals surface area contributed by atoms with Crippen molar-refractivity contribution in [3.63, 3.8) is 0 Å². The first-order chi connectivity index (χ1) is 8.76. The molecule has 0 aromatic heterocycles. The van der Waals surface area contributed by atoms with Gasteiger partial charge in [-0.05, 0) is 17.0 Å². The number of benzene rings is 1. The lowest BCUT2D eigenvalue weighted by atomic mass is 9.82. The fraction of sp³-hybridized carbons (Fsp3) is 0.538. The lowest BCUT2D eigenvalue weighted by molar-refractivity contribution is -0.163. The number of aliphatic hydroxyl groups is 1. The lowest BCUT2D eigenvalue weighted by Crippen LogP contribution is -2.25. The number of aliphatic hydroxyl groups excluding tert-OH is 1. The van der Waals surface area contributed by atoms with E-state index in [-0.39, 0.29) is 0 Å². The van der Waals surface area contributed by atoms with Crippen LogP contribution in [0.25, 0.3) is 0 Å². The Bertz CT molecular complexity index is 481. The zero-order chi connectivity index (χ0) is 15.9. The monoisotopic (exact) mass is 300 g/mol. The van der Waals surface area contributed by atoms with Crippen LogP contribution in [0.4, 0.5) is 26.3 Å². The van der Waals surface area contributed by atoms with E-state index >= 15 is 0 Å². The molecule has 1 unspecified atom stereocenters. The third-order valence-electron chi connectivity index (χ3n) is 2.80. The van der Waals surface area contributed by atoms with Gasteiger partial charge in [0, 0.05) is 0 Å². The molecule has 114 valence electrons. The molecule has 0 heterocycles. The summed E-state index contributed by atoms with van der Waals surface area (Å²) in [7, 11) is 0. The molecule has 0 bridgehead atoms. The van der Waals surface area contributed by atoms with Crippen LogP contribution >= 0.6 is 0 Å². The largest absolute Gasteiger partial charge is 0.417 e. The van der Waals surface area contributed by atoms with E-state index in [4.69, 9.17) is 0 Å². The van der Waals surface area contributed by atoms with Crippen molar-refractivity contribution in [1.82, 2.24) is 0 Å². The fourth-order valence-electron chi connectivity index (χ4n) is 1.82. The van der Waals surface area contributed by atoms with Crippen LogP contribution < -0.4 is 0 Å². The average molecular weight is 300 g/mol. The molecule has 0 aliphatic rings. The van der Waals surface area contributed by atoms with Crippen LogP contribution in [0.1, 0.15) is 43.6 Å². The minimum Gasteiger partial charge on any atom is -0.388 e. The topological polar surface area (TPSA) is 20.2 Å². The van der Waals surface area contributed by atoms with Crippen molar-refractivity contribution in [1.29, 1.82) is 0 Å². The van der Waals surface area contributed by atoms with Gasteiger partial charge in [-0.3, -0.25) is 0 Å². The van der Waals surface area contributed by atoms with Gasteiger partial charge in [0.15, 0.2) is 0 Å². The molecular formula is C13H14F6O. The van der Waals surface area contributed by atoms with E-state index in [0.717, 1.165) is 12.1 Å². The Kier molecular flexibility index (Phi) is 4.16. The highest BCUT2D eigenvalue weighted by atomic mass is 19.4. The lowest BCUT2D eigenvalue weighted by Gasteiger charge is -2.29. The molecule has 1 N–H and O–H groups in total. The highest BCUT2D eigenvalue weighted by Gasteiger charge is 2.46. The highest BCUT2D eigenvalue weighted by Crippen LogP contribution is 2.46. The number of halogens is 6. The first-order valence-electron chi connectivity index (χ1n) is 5.71. The Labute approximate surface area is 112 Å². The smallest absolute Gasteiger partial charge is 0.388 e. The Morgan fingerprint density at radius 2 is 1.40 bits per heavy atom. The van der Waals surface area contributed by atoms with E-state index < -0.39 is 40.6 Å². The van der Waals surface area contributed by atoms with Gasteiger partial charge in [-0.25, -0.2) is 0 Å². The summed E-state index contributed by atoms with van der Waals surface area (Å²) in [6, 6.07) is 2.10. The molecule has 1 aromatic rings. The summed E-state index contributed by atoms with van der Waals surface area (Å²) in [6.45, 7) is 4.33. The van der Waals surface area contributed by atoms with Gasteiger partial charge < -0.3 is 5.11 Å². The van der Waals surface area contributed by atoms with Gasteiger partial charge in [-0.1, -0.05) is 32.9 Å². The van der Waals surface area contributed by atoms with E-state index in [9.17, 15) is 31.4 Å². The number of hydrogen-bond acceptors (Lipinski definition) is 1. The molecule has 1 nitrogen and oxygen atoms in total. The molecule has 0 spiro atoms. The molecule has 0 fully saturated rings. The quantitative estimate of drug-likeness (QED) is 0.738. The fourth-order valence-corrected chi connectivity index (χ4v) is 1.82. The van der Waals surface area contributed by atoms with Crippen molar-refractivity contribution >= 4 is 0 Å². The van der Waals surface area contributed by atoms with E-state index in [2.05, 4.69) is 0 Å². The van der Waals surface area contributed by atoms with E-state index in [0.29, 0.717) is 6.07 Å². The molecule has 20 heavy (non-hydrogen) atoms. The van der Waals surface area contributed by atoms with Crippen molar-refractivity contribution < 1.29 is 31.4 Å². The molecule has 0 saturated carbocycles. The Hall–Kier alpha value is -1.24. The third kappa shape index (κ3) is 3.45. The zero-order valence-corrected chi connectivity index (χ0v) is 11.0. The first kappa shape index (κ1) is 16.8. The number of hydrogen-bond donors (Lipinski definition) is 1. The summed E-state index contributed by atoms with van der Waals surface area (Å²) in [5.74, 6) is 0. The minimum absolute atomic E-state index is 0.363. The molecule has 0 aliphatic heterocycles. The second-order valence-corrected chi connectivity index (χ2v) is 5.53. The van der Waals surface area contributed by atoms with Crippen molar-refractivity contribution in [2.24, 2.45) is 5.41 Å². The Morgan fingerprint density at radius 1 is 0.900 bits per heavy atom.